The van der Waals surface area contributed by atoms with Crippen molar-refractivity contribution in [1.82, 2.24) is 9.80 Å². The highest BCUT2D eigenvalue weighted by molar-refractivity contribution is 6.31. The average Bonchev–Trinajstić information content (AvgIpc) is 2.86. The molecule has 2 saturated heterocycles. The number of ether oxygens (including phenoxy) is 1. The Morgan fingerprint density at radius 3 is 2.71 bits per heavy atom. The van der Waals surface area contributed by atoms with E-state index in [9.17, 15) is 4.79 Å². The van der Waals surface area contributed by atoms with Crippen LogP contribution >= 0.6 is 11.6 Å². The number of piperidine rings is 1. The molecule has 5 heteroatoms. The Labute approximate surface area is 149 Å². The quantitative estimate of drug-likeness (QED) is 0.837. The summed E-state index contributed by atoms with van der Waals surface area (Å²) in [5.74, 6) is 0.765. The summed E-state index contributed by atoms with van der Waals surface area (Å²) in [6, 6.07) is 7.61. The molecule has 4 nitrogen and oxygen atoms in total. The van der Waals surface area contributed by atoms with Crippen LogP contribution in [0.15, 0.2) is 24.3 Å². The van der Waals surface area contributed by atoms with Crippen LogP contribution in [0.25, 0.3) is 0 Å². The van der Waals surface area contributed by atoms with Gasteiger partial charge in [-0.3, -0.25) is 4.79 Å². The van der Waals surface area contributed by atoms with E-state index in [1.807, 2.05) is 29.2 Å². The van der Waals surface area contributed by atoms with Gasteiger partial charge in [0.15, 0.2) is 0 Å². The average molecular weight is 351 g/mol. The lowest BCUT2D eigenvalue weighted by molar-refractivity contribution is -0.133. The van der Waals surface area contributed by atoms with Gasteiger partial charge in [0.2, 0.25) is 5.91 Å². The number of benzene rings is 1. The first-order valence-corrected chi connectivity index (χ1v) is 9.10. The van der Waals surface area contributed by atoms with Crippen molar-refractivity contribution in [3.8, 4) is 0 Å². The van der Waals surface area contributed by atoms with Gasteiger partial charge >= 0.3 is 0 Å². The van der Waals surface area contributed by atoms with E-state index in [4.69, 9.17) is 16.3 Å². The largest absolute Gasteiger partial charge is 0.384 e. The van der Waals surface area contributed by atoms with Gasteiger partial charge in [0, 0.05) is 44.2 Å². The third-order valence-corrected chi connectivity index (χ3v) is 6.13. The minimum absolute atomic E-state index is 0.188. The first-order chi connectivity index (χ1) is 11.5. The number of carbonyl (C=O) groups is 1. The number of carbonyl (C=O) groups excluding carboxylic acids is 1. The molecule has 2 aliphatic heterocycles. The van der Waals surface area contributed by atoms with Gasteiger partial charge in [-0.2, -0.15) is 0 Å². The van der Waals surface area contributed by atoms with Crippen molar-refractivity contribution in [2.75, 3.05) is 46.9 Å². The highest BCUT2D eigenvalue weighted by Gasteiger charge is 2.47. The van der Waals surface area contributed by atoms with E-state index in [1.165, 1.54) is 0 Å². The molecule has 2 fully saturated rings. The maximum atomic E-state index is 12.6. The Morgan fingerprint density at radius 1 is 1.33 bits per heavy atom. The Balaban J connectivity index is 1.60. The van der Waals surface area contributed by atoms with E-state index in [1.54, 1.807) is 7.11 Å². The van der Waals surface area contributed by atoms with Crippen molar-refractivity contribution >= 4 is 17.5 Å². The van der Waals surface area contributed by atoms with E-state index >= 15 is 0 Å². The van der Waals surface area contributed by atoms with Gasteiger partial charge < -0.3 is 14.5 Å². The third kappa shape index (κ3) is 3.61. The van der Waals surface area contributed by atoms with Crippen molar-refractivity contribution in [2.45, 2.75) is 19.3 Å². The van der Waals surface area contributed by atoms with Crippen molar-refractivity contribution < 1.29 is 9.53 Å². The summed E-state index contributed by atoms with van der Waals surface area (Å²) >= 11 is 6.19. The molecule has 0 aromatic heterocycles. The fourth-order valence-electron chi connectivity index (χ4n) is 4.42. The molecule has 1 atom stereocenters. The number of methoxy groups -OCH3 is 1. The van der Waals surface area contributed by atoms with E-state index in [0.717, 1.165) is 51.2 Å². The molecule has 1 amide bonds. The standard InChI is InChI=1S/C19H27ClN2O2/c1-21-12-16(13-24-2)19(14-21)7-9-22(10-8-19)18(23)11-15-5-3-4-6-17(15)20/h3-6,16H,7-14H2,1-2H3. The lowest BCUT2D eigenvalue weighted by Crippen LogP contribution is -2.47. The number of amides is 1. The van der Waals surface area contributed by atoms with Crippen LogP contribution in [0, 0.1) is 11.3 Å². The predicted molar refractivity (Wildman–Crippen MR) is 96.3 cm³/mol. The number of likely N-dealkylation sites (tertiary alicyclic amines) is 2. The minimum atomic E-state index is 0.188. The minimum Gasteiger partial charge on any atom is -0.384 e. The second-order valence-electron chi connectivity index (χ2n) is 7.36. The van der Waals surface area contributed by atoms with E-state index in [-0.39, 0.29) is 5.91 Å². The maximum absolute atomic E-state index is 12.6. The fraction of sp³-hybridized carbons (Fsp3) is 0.632. The zero-order valence-corrected chi connectivity index (χ0v) is 15.4. The number of hydrogen-bond donors (Lipinski definition) is 0. The van der Waals surface area contributed by atoms with Crippen LogP contribution in [-0.2, 0) is 16.0 Å². The van der Waals surface area contributed by atoms with Crippen LogP contribution < -0.4 is 0 Å². The van der Waals surface area contributed by atoms with Gasteiger partial charge in [0.05, 0.1) is 13.0 Å². The smallest absolute Gasteiger partial charge is 0.227 e. The van der Waals surface area contributed by atoms with Gasteiger partial charge in [-0.25, -0.2) is 0 Å². The van der Waals surface area contributed by atoms with Gasteiger partial charge in [-0.1, -0.05) is 29.8 Å². The number of rotatable bonds is 4. The van der Waals surface area contributed by atoms with Crippen molar-refractivity contribution in [3.63, 3.8) is 0 Å². The summed E-state index contributed by atoms with van der Waals surface area (Å²) < 4.78 is 5.45. The second-order valence-corrected chi connectivity index (χ2v) is 7.77. The number of halogens is 1. The van der Waals surface area contributed by atoms with Crippen molar-refractivity contribution in [1.29, 1.82) is 0 Å². The van der Waals surface area contributed by atoms with Gasteiger partial charge in [0.25, 0.3) is 0 Å². The van der Waals surface area contributed by atoms with E-state index in [2.05, 4.69) is 11.9 Å². The molecule has 1 spiro atoms. The summed E-state index contributed by atoms with van der Waals surface area (Å²) in [4.78, 5) is 17.0. The van der Waals surface area contributed by atoms with Crippen LogP contribution in [-0.4, -0.2) is 62.7 Å². The van der Waals surface area contributed by atoms with Crippen molar-refractivity contribution in [2.24, 2.45) is 11.3 Å². The molecule has 24 heavy (non-hydrogen) atoms. The van der Waals surface area contributed by atoms with Gasteiger partial charge in [-0.15, -0.1) is 0 Å². The lowest BCUT2D eigenvalue weighted by atomic mass is 9.71. The Hall–Kier alpha value is -1.10. The van der Waals surface area contributed by atoms with E-state index in [0.29, 0.717) is 22.8 Å². The topological polar surface area (TPSA) is 32.8 Å². The van der Waals surface area contributed by atoms with Crippen LogP contribution in [0.2, 0.25) is 5.02 Å². The maximum Gasteiger partial charge on any atom is 0.227 e. The summed E-state index contributed by atoms with van der Waals surface area (Å²) in [5.41, 5.74) is 1.23. The molecule has 0 N–H and O–H groups in total. The second kappa shape index (κ2) is 7.42. The zero-order valence-electron chi connectivity index (χ0n) is 14.6. The molecule has 0 saturated carbocycles. The highest BCUT2D eigenvalue weighted by Crippen LogP contribution is 2.44. The van der Waals surface area contributed by atoms with E-state index < -0.39 is 0 Å². The van der Waals surface area contributed by atoms with Crippen LogP contribution in [0.1, 0.15) is 18.4 Å². The molecule has 3 rings (SSSR count). The first kappa shape index (κ1) is 17.7. The Kier molecular flexibility index (Phi) is 5.48. The molecule has 2 aliphatic rings. The molecule has 1 aromatic rings. The van der Waals surface area contributed by atoms with Crippen LogP contribution in [0.5, 0.6) is 0 Å². The highest BCUT2D eigenvalue weighted by atomic mass is 35.5. The molecule has 2 heterocycles. The van der Waals surface area contributed by atoms with Gasteiger partial charge in [-0.05, 0) is 36.9 Å². The van der Waals surface area contributed by atoms with Crippen molar-refractivity contribution in [3.05, 3.63) is 34.9 Å². The number of nitrogens with zero attached hydrogens (tertiary/aromatic N) is 2. The molecular weight excluding hydrogens is 324 g/mol. The molecule has 1 aromatic carbocycles. The SMILES string of the molecule is COCC1CN(C)CC12CCN(C(=O)Cc1ccccc1Cl)CC2. The summed E-state index contributed by atoms with van der Waals surface area (Å²) in [5, 5.41) is 0.678. The monoisotopic (exact) mass is 350 g/mol. The molecule has 0 radical (unpaired) electrons. The summed E-state index contributed by atoms with van der Waals surface area (Å²) in [6.07, 6.45) is 2.54. The molecular formula is C19H27ClN2O2. The first-order valence-electron chi connectivity index (χ1n) is 8.73. The lowest BCUT2D eigenvalue weighted by Gasteiger charge is -2.42. The molecule has 132 valence electrons. The third-order valence-electron chi connectivity index (χ3n) is 5.76. The van der Waals surface area contributed by atoms with Crippen LogP contribution in [0.3, 0.4) is 0 Å². The molecule has 0 bridgehead atoms. The Bertz CT molecular complexity index is 584. The van der Waals surface area contributed by atoms with Gasteiger partial charge in [0.1, 0.15) is 0 Å². The molecule has 1 unspecified atom stereocenters. The fourth-order valence-corrected chi connectivity index (χ4v) is 4.62. The predicted octanol–water partition coefficient (Wildman–Crippen LogP) is 2.70. The summed E-state index contributed by atoms with van der Waals surface area (Å²) in [6.45, 7) is 4.72. The number of hydrogen-bond acceptors (Lipinski definition) is 3. The normalized spacial score (nSPS) is 23.8. The molecule has 0 aliphatic carbocycles. The Morgan fingerprint density at radius 2 is 2.04 bits per heavy atom. The zero-order chi connectivity index (χ0) is 17.2. The summed E-state index contributed by atoms with van der Waals surface area (Å²) in [7, 11) is 3.97. The van der Waals surface area contributed by atoms with Crippen LogP contribution in [0.4, 0.5) is 0 Å².